The Morgan fingerprint density at radius 3 is 2.57 bits per heavy atom. The zero-order valence-corrected chi connectivity index (χ0v) is 15.2. The lowest BCUT2D eigenvalue weighted by molar-refractivity contribution is 0.0950. The number of rotatable bonds is 5. The highest BCUT2D eigenvalue weighted by atomic mass is 19.1. The first-order valence-electron chi connectivity index (χ1n) is 9.12. The van der Waals surface area contributed by atoms with Gasteiger partial charge >= 0.3 is 0 Å². The molecule has 0 aliphatic heterocycles. The number of nitrogens with zero attached hydrogens (tertiary/aromatic N) is 1. The number of carbonyl (C=O) groups is 1. The quantitative estimate of drug-likeness (QED) is 0.669. The average molecular weight is 374 g/mol. The van der Waals surface area contributed by atoms with E-state index in [0.29, 0.717) is 11.3 Å². The Morgan fingerprint density at radius 2 is 1.71 bits per heavy atom. The fourth-order valence-corrected chi connectivity index (χ4v) is 3.22. The van der Waals surface area contributed by atoms with Gasteiger partial charge in [-0.2, -0.15) is 5.10 Å². The van der Waals surface area contributed by atoms with Crippen LogP contribution in [0.3, 0.4) is 0 Å². The first-order chi connectivity index (χ1) is 13.7. The number of fused-ring (bicyclic) bond motifs is 1. The molecule has 0 fully saturated rings. The van der Waals surface area contributed by atoms with Crippen molar-refractivity contribution in [2.24, 2.45) is 5.10 Å². The monoisotopic (exact) mass is 374 g/mol. The Morgan fingerprint density at radius 1 is 0.964 bits per heavy atom. The highest BCUT2D eigenvalue weighted by Gasteiger charge is 2.18. The van der Waals surface area contributed by atoms with E-state index >= 15 is 0 Å². The molecule has 0 unspecified atom stereocenters. The van der Waals surface area contributed by atoms with Gasteiger partial charge in [0.1, 0.15) is 18.2 Å². The zero-order valence-electron chi connectivity index (χ0n) is 15.2. The summed E-state index contributed by atoms with van der Waals surface area (Å²) in [6, 6.07) is 21.2. The summed E-state index contributed by atoms with van der Waals surface area (Å²) in [5.41, 5.74) is 7.09. The number of aryl methyl sites for hydroxylation is 1. The van der Waals surface area contributed by atoms with E-state index in [2.05, 4.69) is 16.6 Å². The first kappa shape index (κ1) is 17.9. The molecule has 0 spiro atoms. The summed E-state index contributed by atoms with van der Waals surface area (Å²) in [5, 5.41) is 4.33. The van der Waals surface area contributed by atoms with Crippen LogP contribution in [-0.2, 0) is 13.0 Å². The number of hydrogen-bond acceptors (Lipinski definition) is 3. The summed E-state index contributed by atoms with van der Waals surface area (Å²) in [4.78, 5) is 12.6. The molecule has 0 aromatic heterocycles. The first-order valence-corrected chi connectivity index (χ1v) is 9.12. The predicted molar refractivity (Wildman–Crippen MR) is 106 cm³/mol. The van der Waals surface area contributed by atoms with Crippen molar-refractivity contribution in [2.45, 2.75) is 19.4 Å². The standard InChI is InChI=1S/C23H19FN2O2/c24-18-12-9-16(10-13-18)15-28-22-8-4-3-7-20(22)23(27)26-25-21-14-11-17-5-1-2-6-19(17)21/h1-10,12-13H,11,14-15H2,(H,26,27)/b25-21-. The van der Waals surface area contributed by atoms with Gasteiger partial charge in [-0.25, -0.2) is 9.82 Å². The maximum Gasteiger partial charge on any atom is 0.275 e. The molecule has 3 aromatic rings. The van der Waals surface area contributed by atoms with E-state index in [-0.39, 0.29) is 18.3 Å². The fraction of sp³-hybridized carbons (Fsp3) is 0.130. The minimum Gasteiger partial charge on any atom is -0.488 e. The summed E-state index contributed by atoms with van der Waals surface area (Å²) in [5.74, 6) is -0.168. The summed E-state index contributed by atoms with van der Waals surface area (Å²) in [7, 11) is 0. The molecule has 0 heterocycles. The third kappa shape index (κ3) is 3.93. The highest BCUT2D eigenvalue weighted by molar-refractivity contribution is 6.05. The van der Waals surface area contributed by atoms with Gasteiger partial charge in [-0.1, -0.05) is 48.5 Å². The molecule has 0 bridgehead atoms. The minimum atomic E-state index is -0.327. The van der Waals surface area contributed by atoms with Crippen LogP contribution in [0.2, 0.25) is 0 Å². The smallest absolute Gasteiger partial charge is 0.275 e. The van der Waals surface area contributed by atoms with Crippen LogP contribution in [0.5, 0.6) is 5.75 Å². The largest absolute Gasteiger partial charge is 0.488 e. The molecule has 140 valence electrons. The molecule has 0 saturated carbocycles. The van der Waals surface area contributed by atoms with Crippen LogP contribution in [0.4, 0.5) is 4.39 Å². The lowest BCUT2D eigenvalue weighted by Crippen LogP contribution is -2.20. The molecule has 3 aromatic carbocycles. The van der Waals surface area contributed by atoms with Gasteiger partial charge in [-0.15, -0.1) is 0 Å². The highest BCUT2D eigenvalue weighted by Crippen LogP contribution is 2.22. The van der Waals surface area contributed by atoms with Crippen molar-refractivity contribution >= 4 is 11.6 Å². The Hall–Kier alpha value is -3.47. The van der Waals surface area contributed by atoms with E-state index in [1.54, 1.807) is 36.4 Å². The van der Waals surface area contributed by atoms with Crippen LogP contribution in [0.25, 0.3) is 0 Å². The summed E-state index contributed by atoms with van der Waals surface area (Å²) >= 11 is 0. The number of halogens is 1. The van der Waals surface area contributed by atoms with Gasteiger partial charge in [0.15, 0.2) is 0 Å². The second kappa shape index (κ2) is 8.05. The van der Waals surface area contributed by atoms with E-state index in [4.69, 9.17) is 4.74 Å². The minimum absolute atomic E-state index is 0.243. The molecular formula is C23H19FN2O2. The van der Waals surface area contributed by atoms with Gasteiger partial charge in [-0.3, -0.25) is 4.79 Å². The molecule has 0 atom stereocenters. The second-order valence-electron chi connectivity index (χ2n) is 6.57. The molecular weight excluding hydrogens is 355 g/mol. The van der Waals surface area contributed by atoms with Gasteiger partial charge in [0, 0.05) is 5.56 Å². The molecule has 1 aliphatic rings. The van der Waals surface area contributed by atoms with Crippen LogP contribution in [0, 0.1) is 5.82 Å². The number of ether oxygens (including phenoxy) is 1. The van der Waals surface area contributed by atoms with E-state index in [1.165, 1.54) is 17.7 Å². The lowest BCUT2D eigenvalue weighted by atomic mass is 10.1. The molecule has 4 rings (SSSR count). The van der Waals surface area contributed by atoms with E-state index in [1.807, 2.05) is 18.2 Å². The molecule has 5 heteroatoms. The normalized spacial score (nSPS) is 14.0. The zero-order chi connectivity index (χ0) is 19.3. The van der Waals surface area contributed by atoms with Crippen molar-refractivity contribution in [2.75, 3.05) is 0 Å². The van der Waals surface area contributed by atoms with Crippen molar-refractivity contribution in [3.63, 3.8) is 0 Å². The molecule has 1 N–H and O–H groups in total. The maximum absolute atomic E-state index is 13.0. The van der Waals surface area contributed by atoms with Gasteiger partial charge in [0.25, 0.3) is 5.91 Å². The van der Waals surface area contributed by atoms with Gasteiger partial charge < -0.3 is 4.74 Å². The number of benzene rings is 3. The van der Waals surface area contributed by atoms with Crippen molar-refractivity contribution in [3.05, 3.63) is 101 Å². The van der Waals surface area contributed by atoms with E-state index in [0.717, 1.165) is 29.7 Å². The van der Waals surface area contributed by atoms with Crippen molar-refractivity contribution in [3.8, 4) is 5.75 Å². The summed E-state index contributed by atoms with van der Waals surface area (Å²) in [6.07, 6.45) is 1.74. The molecule has 28 heavy (non-hydrogen) atoms. The number of hydrogen-bond donors (Lipinski definition) is 1. The Bertz CT molecular complexity index is 1030. The number of para-hydroxylation sites is 1. The van der Waals surface area contributed by atoms with Gasteiger partial charge in [-0.05, 0) is 48.2 Å². The van der Waals surface area contributed by atoms with Crippen molar-refractivity contribution in [1.29, 1.82) is 0 Å². The van der Waals surface area contributed by atoms with Crippen molar-refractivity contribution in [1.82, 2.24) is 5.43 Å². The van der Waals surface area contributed by atoms with Gasteiger partial charge in [0.2, 0.25) is 0 Å². The molecule has 0 radical (unpaired) electrons. The summed E-state index contributed by atoms with van der Waals surface area (Å²) < 4.78 is 18.8. The van der Waals surface area contributed by atoms with Gasteiger partial charge in [0.05, 0.1) is 11.3 Å². The van der Waals surface area contributed by atoms with E-state index in [9.17, 15) is 9.18 Å². The molecule has 1 amide bonds. The molecule has 4 nitrogen and oxygen atoms in total. The number of amides is 1. The predicted octanol–water partition coefficient (Wildman–Crippen LogP) is 4.49. The second-order valence-corrected chi connectivity index (χ2v) is 6.57. The fourth-order valence-electron chi connectivity index (χ4n) is 3.22. The third-order valence-electron chi connectivity index (χ3n) is 4.69. The van der Waals surface area contributed by atoms with Crippen molar-refractivity contribution < 1.29 is 13.9 Å². The SMILES string of the molecule is O=C(N/N=C1/CCc2ccccc21)c1ccccc1OCc1ccc(F)cc1. The maximum atomic E-state index is 13.0. The Kier molecular flexibility index (Phi) is 5.15. The van der Waals surface area contributed by atoms with Crippen LogP contribution in [0.1, 0.15) is 33.5 Å². The topological polar surface area (TPSA) is 50.7 Å². The molecule has 0 saturated heterocycles. The number of hydrazone groups is 1. The lowest BCUT2D eigenvalue weighted by Gasteiger charge is -2.11. The van der Waals surface area contributed by atoms with Crippen LogP contribution >= 0.6 is 0 Å². The Balaban J connectivity index is 1.46. The average Bonchev–Trinajstić information content (AvgIpc) is 3.15. The summed E-state index contributed by atoms with van der Waals surface area (Å²) in [6.45, 7) is 0.243. The van der Waals surface area contributed by atoms with Crippen LogP contribution < -0.4 is 10.2 Å². The van der Waals surface area contributed by atoms with Crippen LogP contribution in [0.15, 0.2) is 77.9 Å². The van der Waals surface area contributed by atoms with E-state index < -0.39 is 0 Å². The third-order valence-corrected chi connectivity index (χ3v) is 4.69. The number of carbonyl (C=O) groups excluding carboxylic acids is 1. The molecule has 1 aliphatic carbocycles. The van der Waals surface area contributed by atoms with Crippen LogP contribution in [-0.4, -0.2) is 11.6 Å². The number of nitrogens with one attached hydrogen (secondary N) is 1. The Labute approximate surface area is 162 Å².